The zero-order chi connectivity index (χ0) is 20.5. The number of esters is 1. The van der Waals surface area contributed by atoms with Gasteiger partial charge in [0.15, 0.2) is 0 Å². The van der Waals surface area contributed by atoms with Crippen molar-refractivity contribution in [2.45, 2.75) is 33.3 Å². The van der Waals surface area contributed by atoms with Crippen molar-refractivity contribution in [2.24, 2.45) is 0 Å². The van der Waals surface area contributed by atoms with Gasteiger partial charge in [-0.2, -0.15) is 0 Å². The Morgan fingerprint density at radius 2 is 1.57 bits per heavy atom. The van der Waals surface area contributed by atoms with Gasteiger partial charge in [-0.3, -0.25) is 9.59 Å². The molecule has 0 aliphatic carbocycles. The fourth-order valence-electron chi connectivity index (χ4n) is 2.38. The molecule has 28 heavy (non-hydrogen) atoms. The maximum atomic E-state index is 12.2. The number of rotatable bonds is 8. The third kappa shape index (κ3) is 6.42. The Bertz CT molecular complexity index is 831. The summed E-state index contributed by atoms with van der Waals surface area (Å²) in [6, 6.07) is 13.3. The molecule has 0 bridgehead atoms. The van der Waals surface area contributed by atoms with Crippen molar-refractivity contribution in [3.05, 3.63) is 54.1 Å². The third-order valence-corrected chi connectivity index (χ3v) is 3.52. The highest BCUT2D eigenvalue weighted by atomic mass is 16.5. The van der Waals surface area contributed by atoms with Crippen LogP contribution in [0.25, 0.3) is 0 Å². The summed E-state index contributed by atoms with van der Waals surface area (Å²) in [5.41, 5.74) is 1.38. The highest BCUT2D eigenvalue weighted by Crippen LogP contribution is 2.25. The molecule has 0 heterocycles. The number of anilines is 2. The Labute approximate surface area is 164 Å². The normalized spacial score (nSPS) is 10.3. The minimum Gasteiger partial charge on any atom is -0.489 e. The van der Waals surface area contributed by atoms with Crippen molar-refractivity contribution in [1.29, 1.82) is 0 Å². The van der Waals surface area contributed by atoms with Crippen LogP contribution in [0, 0.1) is 0 Å². The van der Waals surface area contributed by atoms with Gasteiger partial charge in [0.2, 0.25) is 11.8 Å². The maximum absolute atomic E-state index is 12.2. The van der Waals surface area contributed by atoms with Crippen LogP contribution < -0.4 is 15.4 Å². The summed E-state index contributed by atoms with van der Waals surface area (Å²) < 4.78 is 10.5. The van der Waals surface area contributed by atoms with Crippen LogP contribution in [0.2, 0.25) is 0 Å². The van der Waals surface area contributed by atoms with Crippen LogP contribution in [0.3, 0.4) is 0 Å². The lowest BCUT2D eigenvalue weighted by Gasteiger charge is -2.14. The van der Waals surface area contributed by atoms with Crippen molar-refractivity contribution >= 4 is 29.2 Å². The average Bonchev–Trinajstić information content (AvgIpc) is 2.63. The van der Waals surface area contributed by atoms with E-state index in [1.165, 1.54) is 0 Å². The molecule has 0 saturated carbocycles. The number of carbonyl (C=O) groups is 3. The molecule has 0 aliphatic rings. The van der Waals surface area contributed by atoms with Gasteiger partial charge in [0.25, 0.3) is 0 Å². The summed E-state index contributed by atoms with van der Waals surface area (Å²) in [6.45, 7) is 5.79. The van der Waals surface area contributed by atoms with Crippen LogP contribution in [0.15, 0.2) is 48.5 Å². The zero-order valence-electron chi connectivity index (χ0n) is 16.2. The fraction of sp³-hybridized carbons (Fsp3) is 0.286. The Hall–Kier alpha value is -3.35. The van der Waals surface area contributed by atoms with Gasteiger partial charge >= 0.3 is 5.97 Å². The predicted molar refractivity (Wildman–Crippen MR) is 106 cm³/mol. The number of carbonyl (C=O) groups excluding carboxylic acids is 3. The smallest absolute Gasteiger partial charge is 0.338 e. The van der Waals surface area contributed by atoms with Crippen LogP contribution in [-0.2, 0) is 14.3 Å². The molecule has 2 rings (SSSR count). The Morgan fingerprint density at radius 3 is 2.21 bits per heavy atom. The summed E-state index contributed by atoms with van der Waals surface area (Å²) in [6.07, 6.45) is -0.394. The van der Waals surface area contributed by atoms with Gasteiger partial charge in [0.05, 0.1) is 24.0 Å². The molecule has 2 N–H and O–H groups in total. The fourth-order valence-corrected chi connectivity index (χ4v) is 2.38. The van der Waals surface area contributed by atoms with Gasteiger partial charge in [-0.1, -0.05) is 12.1 Å². The molecule has 0 saturated heterocycles. The van der Waals surface area contributed by atoms with Gasteiger partial charge in [-0.25, -0.2) is 4.79 Å². The summed E-state index contributed by atoms with van der Waals surface area (Å²) in [7, 11) is 0. The second kappa shape index (κ2) is 10.1. The van der Waals surface area contributed by atoms with E-state index in [0.717, 1.165) is 0 Å². The predicted octanol–water partition coefficient (Wildman–Crippen LogP) is 3.62. The standard InChI is InChI=1S/C21H24N2O5/c1-4-27-21(26)15-9-11-16(12-10-15)22-19(24)13-20(25)23-17-7-5-6-8-18(17)28-14(2)3/h5-12,14H,4,13H2,1-3H3,(H,22,24)(H,23,25). The SMILES string of the molecule is CCOC(=O)c1ccc(NC(=O)CC(=O)Nc2ccccc2OC(C)C)cc1. The Morgan fingerprint density at radius 1 is 0.929 bits per heavy atom. The second-order valence-corrected chi connectivity index (χ2v) is 6.23. The molecule has 2 aromatic carbocycles. The quantitative estimate of drug-likeness (QED) is 0.536. The van der Waals surface area contributed by atoms with Gasteiger partial charge in [0.1, 0.15) is 12.2 Å². The van der Waals surface area contributed by atoms with E-state index in [1.54, 1.807) is 55.5 Å². The van der Waals surface area contributed by atoms with Gasteiger partial charge in [0, 0.05) is 5.69 Å². The van der Waals surface area contributed by atoms with E-state index in [9.17, 15) is 14.4 Å². The second-order valence-electron chi connectivity index (χ2n) is 6.23. The van der Waals surface area contributed by atoms with Gasteiger partial charge in [-0.05, 0) is 57.2 Å². The summed E-state index contributed by atoms with van der Waals surface area (Å²) >= 11 is 0. The summed E-state index contributed by atoms with van der Waals surface area (Å²) in [4.78, 5) is 35.9. The van der Waals surface area contributed by atoms with E-state index in [4.69, 9.17) is 9.47 Å². The molecule has 0 unspecified atom stereocenters. The van der Waals surface area contributed by atoms with E-state index < -0.39 is 17.8 Å². The van der Waals surface area contributed by atoms with Gasteiger partial charge < -0.3 is 20.1 Å². The lowest BCUT2D eigenvalue weighted by molar-refractivity contribution is -0.123. The van der Waals surface area contributed by atoms with E-state index in [1.807, 2.05) is 13.8 Å². The summed E-state index contributed by atoms with van der Waals surface area (Å²) in [5.74, 6) is -0.813. The maximum Gasteiger partial charge on any atom is 0.338 e. The molecule has 0 aromatic heterocycles. The number of amides is 2. The zero-order valence-corrected chi connectivity index (χ0v) is 16.2. The number of hydrogen-bond acceptors (Lipinski definition) is 5. The molecule has 0 fully saturated rings. The van der Waals surface area contributed by atoms with Crippen molar-refractivity contribution in [3.63, 3.8) is 0 Å². The molecular formula is C21H24N2O5. The molecule has 0 spiro atoms. The lowest BCUT2D eigenvalue weighted by Crippen LogP contribution is -2.22. The first-order chi connectivity index (χ1) is 13.4. The first-order valence-electron chi connectivity index (χ1n) is 9.01. The first kappa shape index (κ1) is 21.0. The van der Waals surface area contributed by atoms with Gasteiger partial charge in [-0.15, -0.1) is 0 Å². The summed E-state index contributed by atoms with van der Waals surface area (Å²) in [5, 5.41) is 5.31. The molecular weight excluding hydrogens is 360 g/mol. The molecule has 0 aliphatic heterocycles. The highest BCUT2D eigenvalue weighted by Gasteiger charge is 2.13. The molecule has 0 radical (unpaired) electrons. The van der Waals surface area contributed by atoms with Crippen LogP contribution >= 0.6 is 0 Å². The monoisotopic (exact) mass is 384 g/mol. The topological polar surface area (TPSA) is 93.7 Å². The van der Waals surface area contributed by atoms with Crippen LogP contribution in [0.5, 0.6) is 5.75 Å². The Balaban J connectivity index is 1.91. The van der Waals surface area contributed by atoms with E-state index in [0.29, 0.717) is 22.7 Å². The van der Waals surface area contributed by atoms with Crippen LogP contribution in [0.4, 0.5) is 11.4 Å². The highest BCUT2D eigenvalue weighted by molar-refractivity contribution is 6.08. The van der Waals surface area contributed by atoms with Crippen molar-refractivity contribution in [3.8, 4) is 5.75 Å². The van der Waals surface area contributed by atoms with Crippen molar-refractivity contribution < 1.29 is 23.9 Å². The minimum absolute atomic E-state index is 0.0427. The number of nitrogens with one attached hydrogen (secondary N) is 2. The third-order valence-electron chi connectivity index (χ3n) is 3.52. The molecule has 2 aromatic rings. The van der Waals surface area contributed by atoms with Crippen LogP contribution in [-0.4, -0.2) is 30.5 Å². The van der Waals surface area contributed by atoms with Crippen molar-refractivity contribution in [2.75, 3.05) is 17.2 Å². The number of benzene rings is 2. The average molecular weight is 384 g/mol. The molecule has 7 heteroatoms. The largest absolute Gasteiger partial charge is 0.489 e. The lowest BCUT2D eigenvalue weighted by atomic mass is 10.2. The van der Waals surface area contributed by atoms with E-state index in [-0.39, 0.29) is 19.1 Å². The molecule has 148 valence electrons. The Kier molecular flexibility index (Phi) is 7.56. The first-order valence-corrected chi connectivity index (χ1v) is 9.01. The molecule has 2 amide bonds. The van der Waals surface area contributed by atoms with Crippen molar-refractivity contribution in [1.82, 2.24) is 0 Å². The van der Waals surface area contributed by atoms with E-state index in [2.05, 4.69) is 10.6 Å². The molecule has 0 atom stereocenters. The number of para-hydroxylation sites is 2. The molecule has 7 nitrogen and oxygen atoms in total. The van der Waals surface area contributed by atoms with E-state index >= 15 is 0 Å². The number of hydrogen-bond donors (Lipinski definition) is 2. The number of ether oxygens (including phenoxy) is 2. The van der Waals surface area contributed by atoms with Crippen LogP contribution in [0.1, 0.15) is 37.6 Å². The minimum atomic E-state index is -0.469.